The highest BCUT2D eigenvalue weighted by Crippen LogP contribution is 2.19. The van der Waals surface area contributed by atoms with Gasteiger partial charge in [-0.2, -0.15) is 0 Å². The number of nitrogens with zero attached hydrogens (tertiary/aromatic N) is 1. The largest absolute Gasteiger partial charge is 0.381 e. The van der Waals surface area contributed by atoms with E-state index in [4.69, 9.17) is 0 Å². The van der Waals surface area contributed by atoms with Crippen LogP contribution in [-0.2, 0) is 13.6 Å². The molecule has 0 aliphatic heterocycles. The van der Waals surface area contributed by atoms with Crippen LogP contribution in [0.25, 0.3) is 10.8 Å². The van der Waals surface area contributed by atoms with Gasteiger partial charge in [0.05, 0.1) is 0 Å². The van der Waals surface area contributed by atoms with Gasteiger partial charge < -0.3 is 9.88 Å². The first-order valence-corrected chi connectivity index (χ1v) is 6.15. The van der Waals surface area contributed by atoms with Crippen LogP contribution in [0.5, 0.6) is 0 Å². The third kappa shape index (κ3) is 2.23. The lowest BCUT2D eigenvalue weighted by Gasteiger charge is -2.06. The minimum atomic E-state index is 0.860. The summed E-state index contributed by atoms with van der Waals surface area (Å²) in [4.78, 5) is 0. The van der Waals surface area contributed by atoms with Gasteiger partial charge in [0.1, 0.15) is 0 Å². The van der Waals surface area contributed by atoms with Gasteiger partial charge in [0.25, 0.3) is 0 Å². The second-order valence-electron chi connectivity index (χ2n) is 4.60. The molecule has 0 aliphatic rings. The fourth-order valence-corrected chi connectivity index (χ4v) is 2.17. The standard InChI is InChI=1S/C16H16N2/c1-18-9-8-13(12-18)11-17-16-7-6-14-4-2-3-5-15(14)10-16/h2-10,12,17H,11H2,1H3. The van der Waals surface area contributed by atoms with Crippen LogP contribution in [0.15, 0.2) is 60.9 Å². The van der Waals surface area contributed by atoms with Crippen LogP contribution in [0, 0.1) is 0 Å². The van der Waals surface area contributed by atoms with Crippen LogP contribution < -0.4 is 5.32 Å². The SMILES string of the molecule is Cn1ccc(CNc2ccc3ccccc3c2)c1. The zero-order chi connectivity index (χ0) is 12.4. The molecule has 3 aromatic rings. The lowest BCUT2D eigenvalue weighted by molar-refractivity contribution is 0.920. The third-order valence-corrected chi connectivity index (χ3v) is 3.14. The Kier molecular flexibility index (Phi) is 2.77. The maximum atomic E-state index is 3.45. The van der Waals surface area contributed by atoms with Crippen molar-refractivity contribution in [1.82, 2.24) is 4.57 Å². The molecule has 18 heavy (non-hydrogen) atoms. The highest BCUT2D eigenvalue weighted by molar-refractivity contribution is 5.85. The lowest BCUT2D eigenvalue weighted by Crippen LogP contribution is -1.98. The minimum absolute atomic E-state index is 0.860. The molecule has 1 N–H and O–H groups in total. The van der Waals surface area contributed by atoms with Crippen molar-refractivity contribution in [3.05, 3.63) is 66.5 Å². The van der Waals surface area contributed by atoms with Crippen molar-refractivity contribution in [2.75, 3.05) is 5.32 Å². The number of benzene rings is 2. The number of nitrogens with one attached hydrogen (secondary N) is 1. The van der Waals surface area contributed by atoms with Gasteiger partial charge in [-0.3, -0.25) is 0 Å². The zero-order valence-electron chi connectivity index (χ0n) is 10.4. The van der Waals surface area contributed by atoms with E-state index in [9.17, 15) is 0 Å². The van der Waals surface area contributed by atoms with Gasteiger partial charge in [0.2, 0.25) is 0 Å². The molecule has 0 spiro atoms. The highest BCUT2D eigenvalue weighted by atomic mass is 14.9. The maximum absolute atomic E-state index is 3.45. The predicted octanol–water partition coefficient (Wildman–Crippen LogP) is 3.79. The molecular formula is C16H16N2. The van der Waals surface area contributed by atoms with E-state index in [0.717, 1.165) is 12.2 Å². The van der Waals surface area contributed by atoms with E-state index in [-0.39, 0.29) is 0 Å². The first-order valence-electron chi connectivity index (χ1n) is 6.15. The Morgan fingerprint density at radius 2 is 1.83 bits per heavy atom. The number of aromatic nitrogens is 1. The van der Waals surface area contributed by atoms with Crippen molar-refractivity contribution < 1.29 is 0 Å². The van der Waals surface area contributed by atoms with Crippen molar-refractivity contribution in [2.45, 2.75) is 6.54 Å². The molecule has 0 saturated heterocycles. The van der Waals surface area contributed by atoms with Gasteiger partial charge in [-0.15, -0.1) is 0 Å². The molecule has 2 heteroatoms. The van der Waals surface area contributed by atoms with Crippen LogP contribution in [0.4, 0.5) is 5.69 Å². The molecule has 90 valence electrons. The van der Waals surface area contributed by atoms with Crippen molar-refractivity contribution >= 4 is 16.5 Å². The topological polar surface area (TPSA) is 17.0 Å². The molecule has 2 nitrogen and oxygen atoms in total. The molecule has 1 aromatic heterocycles. The summed E-state index contributed by atoms with van der Waals surface area (Å²) in [6.45, 7) is 0.860. The van der Waals surface area contributed by atoms with Crippen LogP contribution in [0.3, 0.4) is 0 Å². The van der Waals surface area contributed by atoms with Crippen LogP contribution >= 0.6 is 0 Å². The van der Waals surface area contributed by atoms with Crippen molar-refractivity contribution in [3.8, 4) is 0 Å². The molecule has 2 aromatic carbocycles. The summed E-state index contributed by atoms with van der Waals surface area (Å²) in [6, 6.07) is 17.0. The molecular weight excluding hydrogens is 220 g/mol. The van der Waals surface area contributed by atoms with Gasteiger partial charge in [-0.1, -0.05) is 30.3 Å². The summed E-state index contributed by atoms with van der Waals surface area (Å²) < 4.78 is 2.07. The Bertz CT molecular complexity index is 667. The molecule has 1 heterocycles. The summed E-state index contributed by atoms with van der Waals surface area (Å²) in [7, 11) is 2.04. The monoisotopic (exact) mass is 236 g/mol. The fraction of sp³-hybridized carbons (Fsp3) is 0.125. The van der Waals surface area contributed by atoms with E-state index < -0.39 is 0 Å². The second-order valence-corrected chi connectivity index (χ2v) is 4.60. The fourth-order valence-electron chi connectivity index (χ4n) is 2.17. The lowest BCUT2D eigenvalue weighted by atomic mass is 10.1. The molecule has 0 saturated carbocycles. The van der Waals surface area contributed by atoms with Gasteiger partial charge >= 0.3 is 0 Å². The molecule has 0 unspecified atom stereocenters. The average Bonchev–Trinajstić information content (AvgIpc) is 2.82. The Morgan fingerprint density at radius 3 is 2.61 bits per heavy atom. The van der Waals surface area contributed by atoms with E-state index in [0.29, 0.717) is 0 Å². The number of rotatable bonds is 3. The van der Waals surface area contributed by atoms with Crippen molar-refractivity contribution in [1.29, 1.82) is 0 Å². The zero-order valence-corrected chi connectivity index (χ0v) is 10.4. The van der Waals surface area contributed by atoms with E-state index in [1.165, 1.54) is 16.3 Å². The summed E-state index contributed by atoms with van der Waals surface area (Å²) in [5, 5.41) is 6.01. The maximum Gasteiger partial charge on any atom is 0.0415 e. The van der Waals surface area contributed by atoms with Gasteiger partial charge in [0.15, 0.2) is 0 Å². The molecule has 0 amide bonds. The Hall–Kier alpha value is -2.22. The number of hydrogen-bond donors (Lipinski definition) is 1. The summed E-state index contributed by atoms with van der Waals surface area (Å²) in [6.07, 6.45) is 4.20. The predicted molar refractivity (Wildman–Crippen MR) is 76.7 cm³/mol. The highest BCUT2D eigenvalue weighted by Gasteiger charge is 1.97. The molecule has 0 atom stereocenters. The van der Waals surface area contributed by atoms with Crippen molar-refractivity contribution in [3.63, 3.8) is 0 Å². The molecule has 0 bridgehead atoms. The molecule has 0 fully saturated rings. The third-order valence-electron chi connectivity index (χ3n) is 3.14. The number of fused-ring (bicyclic) bond motifs is 1. The molecule has 0 radical (unpaired) electrons. The van der Waals surface area contributed by atoms with Crippen LogP contribution in [0.2, 0.25) is 0 Å². The van der Waals surface area contributed by atoms with Gasteiger partial charge in [0, 0.05) is 31.7 Å². The van der Waals surface area contributed by atoms with Crippen LogP contribution in [-0.4, -0.2) is 4.57 Å². The normalized spacial score (nSPS) is 10.7. The molecule has 0 aliphatic carbocycles. The summed E-state index contributed by atoms with van der Waals surface area (Å²) >= 11 is 0. The molecule has 3 rings (SSSR count). The average molecular weight is 236 g/mol. The van der Waals surface area contributed by atoms with Crippen molar-refractivity contribution in [2.24, 2.45) is 7.05 Å². The van der Waals surface area contributed by atoms with Crippen LogP contribution in [0.1, 0.15) is 5.56 Å². The smallest absolute Gasteiger partial charge is 0.0415 e. The minimum Gasteiger partial charge on any atom is -0.381 e. The van der Waals surface area contributed by atoms with Gasteiger partial charge in [-0.05, 0) is 34.5 Å². The summed E-state index contributed by atoms with van der Waals surface area (Å²) in [5.74, 6) is 0. The van der Waals surface area contributed by atoms with E-state index in [2.05, 4.69) is 70.8 Å². The Labute approximate surface area is 107 Å². The van der Waals surface area contributed by atoms with E-state index in [1.807, 2.05) is 7.05 Å². The first kappa shape index (κ1) is 10.9. The summed E-state index contributed by atoms with van der Waals surface area (Å²) in [5.41, 5.74) is 2.46. The quantitative estimate of drug-likeness (QED) is 0.732. The number of hydrogen-bond acceptors (Lipinski definition) is 1. The Morgan fingerprint density at radius 1 is 1.00 bits per heavy atom. The van der Waals surface area contributed by atoms with Gasteiger partial charge in [-0.25, -0.2) is 0 Å². The first-order chi connectivity index (χ1) is 8.81. The number of anilines is 1. The Balaban J connectivity index is 1.78. The van der Waals surface area contributed by atoms with E-state index in [1.54, 1.807) is 0 Å². The number of aryl methyl sites for hydroxylation is 1. The van der Waals surface area contributed by atoms with E-state index >= 15 is 0 Å². The second kappa shape index (κ2) is 4.57.